The summed E-state index contributed by atoms with van der Waals surface area (Å²) in [4.78, 5) is 4.35. The first-order chi connectivity index (χ1) is 9.88. The molecular weight excluding hydrogens is 248 g/mol. The first-order valence-electron chi connectivity index (χ1n) is 7.60. The number of benzene rings is 1. The molecule has 4 heteroatoms. The Kier molecular flexibility index (Phi) is 4.00. The smallest absolute Gasteiger partial charge is 0.146 e. The summed E-state index contributed by atoms with van der Waals surface area (Å²) in [5.74, 6) is 1.01. The van der Waals surface area contributed by atoms with Gasteiger partial charge < -0.3 is 5.32 Å². The fraction of sp³-hybridized carbons (Fsp3) is 0.500. The molecule has 1 N–H and O–H groups in total. The molecule has 0 fully saturated rings. The van der Waals surface area contributed by atoms with Crippen molar-refractivity contribution in [2.24, 2.45) is 0 Å². The molecule has 4 nitrogen and oxygen atoms in total. The van der Waals surface area contributed by atoms with Gasteiger partial charge in [-0.2, -0.15) is 5.10 Å². The van der Waals surface area contributed by atoms with Gasteiger partial charge in [0.15, 0.2) is 0 Å². The van der Waals surface area contributed by atoms with Crippen LogP contribution in [0.2, 0.25) is 0 Å². The van der Waals surface area contributed by atoms with Crippen LogP contribution in [0.25, 0.3) is 0 Å². The first-order valence-corrected chi connectivity index (χ1v) is 7.60. The molecular formula is C16H22N4. The number of aromatic nitrogens is 3. The third-order valence-corrected chi connectivity index (χ3v) is 3.96. The molecule has 0 unspecified atom stereocenters. The average Bonchev–Trinajstić information content (AvgIpc) is 2.93. The van der Waals surface area contributed by atoms with E-state index in [1.165, 1.54) is 42.5 Å². The van der Waals surface area contributed by atoms with Crippen molar-refractivity contribution in [3.63, 3.8) is 0 Å². The average molecular weight is 270 g/mol. The monoisotopic (exact) mass is 270 g/mol. The second-order valence-electron chi connectivity index (χ2n) is 5.40. The summed E-state index contributed by atoms with van der Waals surface area (Å²) in [6, 6.07) is 6.60. The first kappa shape index (κ1) is 13.2. The van der Waals surface area contributed by atoms with E-state index in [-0.39, 0.29) is 0 Å². The van der Waals surface area contributed by atoms with Gasteiger partial charge in [-0.3, -0.25) is 0 Å². The largest absolute Gasteiger partial charge is 0.378 e. The molecule has 20 heavy (non-hydrogen) atoms. The van der Waals surface area contributed by atoms with Gasteiger partial charge in [0.05, 0.1) is 6.54 Å². The normalized spacial score (nSPS) is 14.1. The number of hydrogen-bond acceptors (Lipinski definition) is 3. The number of aryl methyl sites for hydroxylation is 2. The van der Waals surface area contributed by atoms with Crippen molar-refractivity contribution >= 4 is 5.69 Å². The number of nitrogens with one attached hydrogen (secondary N) is 1. The van der Waals surface area contributed by atoms with E-state index in [1.807, 2.05) is 4.68 Å². The maximum Gasteiger partial charge on any atom is 0.146 e. The summed E-state index contributed by atoms with van der Waals surface area (Å²) >= 11 is 0. The van der Waals surface area contributed by atoms with Crippen molar-refractivity contribution in [1.82, 2.24) is 14.8 Å². The zero-order chi connectivity index (χ0) is 13.8. The lowest BCUT2D eigenvalue weighted by Crippen LogP contribution is -2.12. The molecule has 0 spiro atoms. The number of anilines is 1. The predicted octanol–water partition coefficient (Wildman–Crippen LogP) is 3.18. The Morgan fingerprint density at radius 3 is 3.05 bits per heavy atom. The van der Waals surface area contributed by atoms with Crippen LogP contribution in [0.3, 0.4) is 0 Å². The van der Waals surface area contributed by atoms with Crippen molar-refractivity contribution in [1.29, 1.82) is 0 Å². The minimum atomic E-state index is 0.746. The van der Waals surface area contributed by atoms with Gasteiger partial charge in [0.1, 0.15) is 12.2 Å². The topological polar surface area (TPSA) is 42.7 Å². The van der Waals surface area contributed by atoms with Crippen LogP contribution in [0.15, 0.2) is 24.5 Å². The maximum absolute atomic E-state index is 4.35. The van der Waals surface area contributed by atoms with Crippen LogP contribution in [-0.2, 0) is 25.9 Å². The number of rotatable bonds is 5. The minimum absolute atomic E-state index is 0.746. The van der Waals surface area contributed by atoms with Crippen molar-refractivity contribution in [3.8, 4) is 0 Å². The quantitative estimate of drug-likeness (QED) is 0.907. The molecule has 3 rings (SSSR count). The molecule has 1 aliphatic carbocycles. The molecule has 106 valence electrons. The molecule has 2 aromatic rings. The van der Waals surface area contributed by atoms with E-state index in [2.05, 4.69) is 40.5 Å². The minimum Gasteiger partial charge on any atom is -0.378 e. The molecule has 0 bridgehead atoms. The summed E-state index contributed by atoms with van der Waals surface area (Å²) < 4.78 is 1.99. The van der Waals surface area contributed by atoms with E-state index >= 15 is 0 Å². The lowest BCUT2D eigenvalue weighted by molar-refractivity contribution is 0.574. The van der Waals surface area contributed by atoms with Crippen LogP contribution in [0.5, 0.6) is 0 Å². The molecule has 0 aliphatic heterocycles. The van der Waals surface area contributed by atoms with Crippen molar-refractivity contribution in [3.05, 3.63) is 41.5 Å². The van der Waals surface area contributed by atoms with Crippen LogP contribution >= 0.6 is 0 Å². The second kappa shape index (κ2) is 6.07. The third kappa shape index (κ3) is 2.69. The molecule has 0 radical (unpaired) electrons. The van der Waals surface area contributed by atoms with Gasteiger partial charge in [-0.25, -0.2) is 9.67 Å². The highest BCUT2D eigenvalue weighted by atomic mass is 15.3. The van der Waals surface area contributed by atoms with Crippen molar-refractivity contribution < 1.29 is 0 Å². The van der Waals surface area contributed by atoms with Gasteiger partial charge in [0, 0.05) is 12.2 Å². The number of nitrogens with zero attached hydrogens (tertiary/aromatic N) is 3. The summed E-state index contributed by atoms with van der Waals surface area (Å²) in [6.45, 7) is 3.84. The molecule has 1 heterocycles. The molecule has 1 aliphatic rings. The Morgan fingerprint density at radius 1 is 1.25 bits per heavy atom. The van der Waals surface area contributed by atoms with Gasteiger partial charge in [0.25, 0.3) is 0 Å². The Balaban J connectivity index is 1.73. The highest BCUT2D eigenvalue weighted by molar-refractivity contribution is 5.55. The Labute approximate surface area is 120 Å². The Hall–Kier alpha value is -1.84. The van der Waals surface area contributed by atoms with E-state index in [9.17, 15) is 0 Å². The highest BCUT2D eigenvalue weighted by Gasteiger charge is 2.13. The lowest BCUT2D eigenvalue weighted by atomic mass is 9.90. The Bertz CT molecular complexity index is 574. The molecule has 1 aromatic carbocycles. The van der Waals surface area contributed by atoms with E-state index in [0.717, 1.165) is 25.3 Å². The second-order valence-corrected chi connectivity index (χ2v) is 5.40. The van der Waals surface area contributed by atoms with Gasteiger partial charge in [-0.1, -0.05) is 19.1 Å². The van der Waals surface area contributed by atoms with Gasteiger partial charge in [0.2, 0.25) is 0 Å². The number of hydrogen-bond donors (Lipinski definition) is 1. The van der Waals surface area contributed by atoms with E-state index < -0.39 is 0 Å². The van der Waals surface area contributed by atoms with Crippen LogP contribution in [-0.4, -0.2) is 14.8 Å². The van der Waals surface area contributed by atoms with E-state index in [4.69, 9.17) is 0 Å². The summed E-state index contributed by atoms with van der Waals surface area (Å²) in [7, 11) is 0. The molecule has 0 saturated heterocycles. The summed E-state index contributed by atoms with van der Waals surface area (Å²) in [5.41, 5.74) is 4.28. The SMILES string of the molecule is CCCn1ncnc1CNc1cccc2c1CCCC2. The molecule has 1 aromatic heterocycles. The van der Waals surface area contributed by atoms with Crippen molar-refractivity contribution in [2.45, 2.75) is 52.1 Å². The number of fused-ring (bicyclic) bond motifs is 1. The van der Waals surface area contributed by atoms with E-state index in [0.29, 0.717) is 0 Å². The fourth-order valence-corrected chi connectivity index (χ4v) is 2.94. The van der Waals surface area contributed by atoms with Crippen LogP contribution in [0.4, 0.5) is 5.69 Å². The van der Waals surface area contributed by atoms with Gasteiger partial charge >= 0.3 is 0 Å². The van der Waals surface area contributed by atoms with E-state index in [1.54, 1.807) is 6.33 Å². The standard InChI is InChI=1S/C16H22N4/c1-2-10-20-16(18-12-19-20)11-17-15-9-5-7-13-6-3-4-8-14(13)15/h5,7,9,12,17H,2-4,6,8,10-11H2,1H3. The van der Waals surface area contributed by atoms with Gasteiger partial charge in [-0.05, 0) is 49.3 Å². The summed E-state index contributed by atoms with van der Waals surface area (Å²) in [6.07, 6.45) is 7.76. The molecule has 0 atom stereocenters. The lowest BCUT2D eigenvalue weighted by Gasteiger charge is -2.20. The molecule has 0 amide bonds. The highest BCUT2D eigenvalue weighted by Crippen LogP contribution is 2.28. The van der Waals surface area contributed by atoms with Crippen LogP contribution in [0, 0.1) is 0 Å². The zero-order valence-electron chi connectivity index (χ0n) is 12.1. The van der Waals surface area contributed by atoms with Crippen LogP contribution < -0.4 is 5.32 Å². The fourth-order valence-electron chi connectivity index (χ4n) is 2.94. The third-order valence-electron chi connectivity index (χ3n) is 3.96. The Morgan fingerprint density at radius 2 is 2.15 bits per heavy atom. The van der Waals surface area contributed by atoms with Crippen molar-refractivity contribution in [2.75, 3.05) is 5.32 Å². The summed E-state index contributed by atoms with van der Waals surface area (Å²) in [5, 5.41) is 7.82. The van der Waals surface area contributed by atoms with Gasteiger partial charge in [-0.15, -0.1) is 0 Å². The van der Waals surface area contributed by atoms with Crippen LogP contribution in [0.1, 0.15) is 43.1 Å². The predicted molar refractivity (Wildman–Crippen MR) is 80.7 cm³/mol. The molecule has 0 saturated carbocycles. The maximum atomic E-state index is 4.35. The zero-order valence-corrected chi connectivity index (χ0v) is 12.1.